The van der Waals surface area contributed by atoms with Crippen molar-refractivity contribution >= 4 is 23.6 Å². The van der Waals surface area contributed by atoms with Crippen molar-refractivity contribution in [3.8, 4) is 0 Å². The number of rotatable bonds is 5. The van der Waals surface area contributed by atoms with Gasteiger partial charge in [-0.2, -0.15) is 0 Å². The molecule has 3 rings (SSSR count). The average molecular weight is 373 g/mol. The molecule has 27 heavy (non-hydrogen) atoms. The number of carboxylic acids is 1. The average Bonchev–Trinajstić information content (AvgIpc) is 3.08. The predicted molar refractivity (Wildman–Crippen MR) is 102 cm³/mol. The van der Waals surface area contributed by atoms with Crippen LogP contribution in [0.1, 0.15) is 31.7 Å². The summed E-state index contributed by atoms with van der Waals surface area (Å²) in [6.45, 7) is 3.89. The van der Waals surface area contributed by atoms with E-state index in [0.717, 1.165) is 12.1 Å². The van der Waals surface area contributed by atoms with Gasteiger partial charge in [0.1, 0.15) is 0 Å². The molecule has 1 aromatic rings. The third kappa shape index (κ3) is 4.59. The summed E-state index contributed by atoms with van der Waals surface area (Å²) in [7, 11) is 0. The fraction of sp³-hybridized carbons (Fsp3) is 0.550. The van der Waals surface area contributed by atoms with Gasteiger partial charge in [0.15, 0.2) is 0 Å². The quantitative estimate of drug-likeness (QED) is 0.774. The Morgan fingerprint density at radius 3 is 2.78 bits per heavy atom. The van der Waals surface area contributed by atoms with Crippen LogP contribution >= 0.6 is 0 Å². The number of aliphatic carboxylic acids is 1. The molecule has 7 nitrogen and oxygen atoms in total. The van der Waals surface area contributed by atoms with E-state index in [9.17, 15) is 19.5 Å². The molecule has 146 valence electrons. The zero-order valence-electron chi connectivity index (χ0n) is 15.7. The molecule has 2 heterocycles. The monoisotopic (exact) mass is 373 g/mol. The van der Waals surface area contributed by atoms with Crippen LogP contribution in [-0.4, -0.2) is 54.1 Å². The number of anilines is 1. The molecule has 0 aromatic heterocycles. The second-order valence-corrected chi connectivity index (χ2v) is 7.54. The molecule has 0 radical (unpaired) electrons. The molecule has 3 amide bonds. The van der Waals surface area contributed by atoms with E-state index in [1.807, 2.05) is 36.1 Å². The fourth-order valence-corrected chi connectivity index (χ4v) is 3.98. The Hall–Kier alpha value is -2.57. The Morgan fingerprint density at radius 2 is 2.00 bits per heavy atom. The zero-order valence-corrected chi connectivity index (χ0v) is 15.7. The first-order valence-electron chi connectivity index (χ1n) is 9.59. The molecule has 0 bridgehead atoms. The van der Waals surface area contributed by atoms with Crippen LogP contribution in [0.2, 0.25) is 0 Å². The van der Waals surface area contributed by atoms with Crippen LogP contribution in [-0.2, 0) is 16.0 Å². The highest BCUT2D eigenvalue weighted by molar-refractivity contribution is 5.95. The minimum atomic E-state index is -0.851. The molecule has 7 heteroatoms. The minimum absolute atomic E-state index is 0.0757. The Balaban J connectivity index is 1.42. The lowest BCUT2D eigenvalue weighted by molar-refractivity contribution is -0.143. The first-order chi connectivity index (χ1) is 13.0. The molecule has 2 unspecified atom stereocenters. The number of carbonyl (C=O) groups is 3. The number of carbonyl (C=O) groups excluding carboxylic acids is 2. The molecular weight excluding hydrogens is 346 g/mol. The van der Waals surface area contributed by atoms with Gasteiger partial charge >= 0.3 is 12.0 Å². The van der Waals surface area contributed by atoms with Crippen LogP contribution in [0.15, 0.2) is 24.3 Å². The summed E-state index contributed by atoms with van der Waals surface area (Å²) in [6.07, 6.45) is 2.43. The summed E-state index contributed by atoms with van der Waals surface area (Å²) in [4.78, 5) is 39.4. The molecule has 2 N–H and O–H groups in total. The van der Waals surface area contributed by atoms with Crippen molar-refractivity contribution in [2.24, 2.45) is 11.8 Å². The molecule has 2 aliphatic heterocycles. The summed E-state index contributed by atoms with van der Waals surface area (Å²) in [5.74, 6) is -1.11. The first kappa shape index (κ1) is 19.2. The predicted octanol–water partition coefficient (Wildman–Crippen LogP) is 2.11. The molecule has 0 saturated carbocycles. The highest BCUT2D eigenvalue weighted by Gasteiger charge is 2.31. The van der Waals surface area contributed by atoms with Gasteiger partial charge in [0.05, 0.1) is 5.92 Å². The maximum atomic E-state index is 12.5. The van der Waals surface area contributed by atoms with Crippen molar-refractivity contribution in [1.29, 1.82) is 0 Å². The number of nitrogens with zero attached hydrogens (tertiary/aromatic N) is 2. The molecule has 0 spiro atoms. The van der Waals surface area contributed by atoms with Crippen LogP contribution in [0, 0.1) is 11.8 Å². The SMILES string of the molecule is CC1CC(C(=O)O)CN(C(=O)NCCCC(=O)N2CCc3ccccc32)C1. The van der Waals surface area contributed by atoms with E-state index in [1.165, 1.54) is 5.56 Å². The highest BCUT2D eigenvalue weighted by atomic mass is 16.4. The largest absolute Gasteiger partial charge is 0.481 e. The van der Waals surface area contributed by atoms with E-state index in [2.05, 4.69) is 5.32 Å². The maximum Gasteiger partial charge on any atom is 0.317 e. The van der Waals surface area contributed by atoms with Gasteiger partial charge < -0.3 is 20.2 Å². The van der Waals surface area contributed by atoms with Crippen molar-refractivity contribution in [3.63, 3.8) is 0 Å². The van der Waals surface area contributed by atoms with Crippen LogP contribution in [0.25, 0.3) is 0 Å². The summed E-state index contributed by atoms with van der Waals surface area (Å²) < 4.78 is 0. The lowest BCUT2D eigenvalue weighted by Gasteiger charge is -2.34. The van der Waals surface area contributed by atoms with Gasteiger partial charge in [0, 0.05) is 38.3 Å². The summed E-state index contributed by atoms with van der Waals surface area (Å²) in [5.41, 5.74) is 2.19. The fourth-order valence-electron chi connectivity index (χ4n) is 3.98. The molecular formula is C20H27N3O4. The van der Waals surface area contributed by atoms with Gasteiger partial charge in [-0.3, -0.25) is 9.59 Å². The third-order valence-corrected chi connectivity index (χ3v) is 5.33. The first-order valence-corrected chi connectivity index (χ1v) is 9.59. The van der Waals surface area contributed by atoms with E-state index in [0.29, 0.717) is 38.9 Å². The molecule has 2 aliphatic rings. The minimum Gasteiger partial charge on any atom is -0.481 e. The van der Waals surface area contributed by atoms with Crippen molar-refractivity contribution in [3.05, 3.63) is 29.8 Å². The van der Waals surface area contributed by atoms with Crippen LogP contribution in [0.5, 0.6) is 0 Å². The van der Waals surface area contributed by atoms with E-state index in [4.69, 9.17) is 0 Å². The molecule has 2 atom stereocenters. The number of hydrogen-bond acceptors (Lipinski definition) is 3. The van der Waals surface area contributed by atoms with Gasteiger partial charge in [-0.15, -0.1) is 0 Å². The summed E-state index contributed by atoms with van der Waals surface area (Å²) >= 11 is 0. The second kappa shape index (κ2) is 8.41. The zero-order chi connectivity index (χ0) is 19.4. The van der Waals surface area contributed by atoms with Crippen molar-refractivity contribution < 1.29 is 19.5 Å². The van der Waals surface area contributed by atoms with Crippen molar-refractivity contribution in [1.82, 2.24) is 10.2 Å². The van der Waals surface area contributed by atoms with Gasteiger partial charge in [-0.1, -0.05) is 25.1 Å². The Bertz CT molecular complexity index is 721. The van der Waals surface area contributed by atoms with E-state index < -0.39 is 11.9 Å². The number of piperidine rings is 1. The topological polar surface area (TPSA) is 90.0 Å². The maximum absolute atomic E-state index is 12.5. The normalized spacial score (nSPS) is 21.7. The summed E-state index contributed by atoms with van der Waals surface area (Å²) in [6, 6.07) is 7.70. The Morgan fingerprint density at radius 1 is 1.22 bits per heavy atom. The number of likely N-dealkylation sites (tertiary alicyclic amines) is 1. The molecule has 1 fully saturated rings. The van der Waals surface area contributed by atoms with E-state index >= 15 is 0 Å². The Kier molecular flexibility index (Phi) is 5.98. The molecule has 0 aliphatic carbocycles. The number of nitrogens with one attached hydrogen (secondary N) is 1. The van der Waals surface area contributed by atoms with Crippen LogP contribution < -0.4 is 10.2 Å². The lowest BCUT2D eigenvalue weighted by atomic mass is 9.91. The number of urea groups is 1. The molecule has 1 aromatic carbocycles. The smallest absolute Gasteiger partial charge is 0.317 e. The molecule has 1 saturated heterocycles. The van der Waals surface area contributed by atoms with Gasteiger partial charge in [0.25, 0.3) is 0 Å². The number of benzene rings is 1. The number of carboxylic acid groups (broad SMARTS) is 1. The van der Waals surface area contributed by atoms with Gasteiger partial charge in [-0.05, 0) is 36.8 Å². The van der Waals surface area contributed by atoms with Gasteiger partial charge in [-0.25, -0.2) is 4.79 Å². The van der Waals surface area contributed by atoms with Crippen LogP contribution in [0.3, 0.4) is 0 Å². The third-order valence-electron chi connectivity index (χ3n) is 5.33. The number of fused-ring (bicyclic) bond motifs is 1. The standard InChI is InChI=1S/C20H27N3O4/c1-14-11-16(19(25)26)13-22(12-14)20(27)21-9-4-7-18(24)23-10-8-15-5-2-3-6-17(15)23/h2-3,5-6,14,16H,4,7-13H2,1H3,(H,21,27)(H,25,26). The second-order valence-electron chi connectivity index (χ2n) is 7.54. The lowest BCUT2D eigenvalue weighted by Crippen LogP contribution is -2.49. The number of para-hydroxylation sites is 1. The van der Waals surface area contributed by atoms with Crippen molar-refractivity contribution in [2.75, 3.05) is 31.1 Å². The van der Waals surface area contributed by atoms with E-state index in [-0.39, 0.29) is 24.4 Å². The highest BCUT2D eigenvalue weighted by Crippen LogP contribution is 2.28. The van der Waals surface area contributed by atoms with Crippen molar-refractivity contribution in [2.45, 2.75) is 32.6 Å². The summed E-state index contributed by atoms with van der Waals surface area (Å²) in [5, 5.41) is 12.0. The Labute approximate surface area is 159 Å². The van der Waals surface area contributed by atoms with Gasteiger partial charge in [0.2, 0.25) is 5.91 Å². The van der Waals surface area contributed by atoms with Crippen LogP contribution in [0.4, 0.5) is 10.5 Å². The van der Waals surface area contributed by atoms with E-state index in [1.54, 1.807) is 4.90 Å². The number of amides is 3. The number of hydrogen-bond donors (Lipinski definition) is 2.